The molecule has 0 aromatic heterocycles. The van der Waals surface area contributed by atoms with Crippen LogP contribution in [0.25, 0.3) is 0 Å². The molecule has 0 atom stereocenters. The lowest BCUT2D eigenvalue weighted by Crippen LogP contribution is -2.15. The second-order valence-corrected chi connectivity index (χ2v) is 3.04. The van der Waals surface area contributed by atoms with Gasteiger partial charge in [-0.25, -0.2) is 4.79 Å². The van der Waals surface area contributed by atoms with Crippen molar-refractivity contribution in [2.75, 3.05) is 11.9 Å². The monoisotopic (exact) mass is 209 g/mol. The van der Waals surface area contributed by atoms with Gasteiger partial charge in [0, 0.05) is 5.69 Å². The SMILES string of the molecule is Cc1cc(NC(=O)CO)ccc1C(=O)O. The van der Waals surface area contributed by atoms with E-state index in [2.05, 4.69) is 5.32 Å². The molecule has 0 unspecified atom stereocenters. The van der Waals surface area contributed by atoms with Crippen LogP contribution in [0.1, 0.15) is 15.9 Å². The lowest BCUT2D eigenvalue weighted by molar-refractivity contribution is -0.118. The van der Waals surface area contributed by atoms with Gasteiger partial charge in [0.05, 0.1) is 5.56 Å². The zero-order valence-corrected chi connectivity index (χ0v) is 8.15. The molecule has 1 aromatic carbocycles. The van der Waals surface area contributed by atoms with Crippen LogP contribution in [0.3, 0.4) is 0 Å². The fourth-order valence-electron chi connectivity index (χ4n) is 1.18. The van der Waals surface area contributed by atoms with E-state index in [-0.39, 0.29) is 5.56 Å². The Kier molecular flexibility index (Phi) is 3.41. The zero-order valence-electron chi connectivity index (χ0n) is 8.15. The van der Waals surface area contributed by atoms with Gasteiger partial charge in [0.2, 0.25) is 5.91 Å². The lowest BCUT2D eigenvalue weighted by atomic mass is 10.1. The maximum Gasteiger partial charge on any atom is 0.335 e. The molecule has 1 aromatic rings. The van der Waals surface area contributed by atoms with Gasteiger partial charge < -0.3 is 15.5 Å². The van der Waals surface area contributed by atoms with Gasteiger partial charge in [-0.15, -0.1) is 0 Å². The van der Waals surface area contributed by atoms with Gasteiger partial charge in [-0.1, -0.05) is 0 Å². The highest BCUT2D eigenvalue weighted by Crippen LogP contribution is 2.14. The van der Waals surface area contributed by atoms with Crippen molar-refractivity contribution in [2.24, 2.45) is 0 Å². The summed E-state index contributed by atoms with van der Waals surface area (Å²) in [6.07, 6.45) is 0. The first-order valence-corrected chi connectivity index (χ1v) is 4.29. The molecule has 0 aliphatic carbocycles. The van der Waals surface area contributed by atoms with E-state index < -0.39 is 18.5 Å². The third-order valence-electron chi connectivity index (χ3n) is 1.88. The van der Waals surface area contributed by atoms with Gasteiger partial charge in [-0.05, 0) is 30.7 Å². The van der Waals surface area contributed by atoms with Crippen LogP contribution in [0.15, 0.2) is 18.2 Å². The highest BCUT2D eigenvalue weighted by molar-refractivity contribution is 5.93. The number of carboxylic acids is 1. The van der Waals surface area contributed by atoms with E-state index in [9.17, 15) is 9.59 Å². The second kappa shape index (κ2) is 4.56. The van der Waals surface area contributed by atoms with Gasteiger partial charge in [-0.2, -0.15) is 0 Å². The largest absolute Gasteiger partial charge is 0.478 e. The molecule has 0 radical (unpaired) electrons. The van der Waals surface area contributed by atoms with Gasteiger partial charge in [0.1, 0.15) is 6.61 Å². The minimum atomic E-state index is -1.01. The molecule has 5 nitrogen and oxygen atoms in total. The van der Waals surface area contributed by atoms with Crippen LogP contribution in [0.2, 0.25) is 0 Å². The molecule has 0 aliphatic rings. The molecule has 0 bridgehead atoms. The van der Waals surface area contributed by atoms with E-state index in [4.69, 9.17) is 10.2 Å². The number of nitrogens with one attached hydrogen (secondary N) is 1. The molecular weight excluding hydrogens is 198 g/mol. The minimum Gasteiger partial charge on any atom is -0.478 e. The van der Waals surface area contributed by atoms with Crippen molar-refractivity contribution >= 4 is 17.6 Å². The molecule has 1 amide bonds. The normalized spacial score (nSPS) is 9.73. The van der Waals surface area contributed by atoms with Gasteiger partial charge in [-0.3, -0.25) is 4.79 Å². The van der Waals surface area contributed by atoms with Crippen molar-refractivity contribution in [3.05, 3.63) is 29.3 Å². The molecule has 0 fully saturated rings. The fourth-order valence-corrected chi connectivity index (χ4v) is 1.18. The second-order valence-electron chi connectivity index (χ2n) is 3.04. The summed E-state index contributed by atoms with van der Waals surface area (Å²) in [6.45, 7) is 1.04. The van der Waals surface area contributed by atoms with Crippen molar-refractivity contribution in [3.63, 3.8) is 0 Å². The average Bonchev–Trinajstić information content (AvgIpc) is 2.17. The van der Waals surface area contributed by atoms with Crippen molar-refractivity contribution in [3.8, 4) is 0 Å². The summed E-state index contributed by atoms with van der Waals surface area (Å²) >= 11 is 0. The maximum atomic E-state index is 10.8. The first-order valence-electron chi connectivity index (χ1n) is 4.29. The smallest absolute Gasteiger partial charge is 0.335 e. The summed E-state index contributed by atoms with van der Waals surface area (Å²) in [5.41, 5.74) is 1.21. The highest BCUT2D eigenvalue weighted by atomic mass is 16.4. The molecule has 5 heteroatoms. The number of anilines is 1. The van der Waals surface area contributed by atoms with E-state index in [1.54, 1.807) is 6.92 Å². The van der Waals surface area contributed by atoms with Crippen LogP contribution in [0.5, 0.6) is 0 Å². The Hall–Kier alpha value is -1.88. The summed E-state index contributed by atoms with van der Waals surface area (Å²) in [6, 6.07) is 4.42. The number of benzene rings is 1. The standard InChI is InChI=1S/C10H11NO4/c1-6-4-7(11-9(13)5-12)2-3-8(6)10(14)15/h2-4,12H,5H2,1H3,(H,11,13)(H,14,15). The van der Waals surface area contributed by atoms with E-state index in [1.807, 2.05) is 0 Å². The van der Waals surface area contributed by atoms with Crippen LogP contribution in [0.4, 0.5) is 5.69 Å². The first kappa shape index (κ1) is 11.2. The van der Waals surface area contributed by atoms with Gasteiger partial charge in [0.15, 0.2) is 0 Å². The Morgan fingerprint density at radius 1 is 1.40 bits per heavy atom. The predicted molar refractivity (Wildman–Crippen MR) is 53.9 cm³/mol. The molecule has 15 heavy (non-hydrogen) atoms. The first-order chi connectivity index (χ1) is 7.04. The molecule has 3 N–H and O–H groups in total. The third-order valence-corrected chi connectivity index (χ3v) is 1.88. The Morgan fingerprint density at radius 2 is 2.07 bits per heavy atom. The van der Waals surface area contributed by atoms with Crippen LogP contribution < -0.4 is 5.32 Å². The van der Waals surface area contributed by atoms with E-state index in [0.29, 0.717) is 11.3 Å². The van der Waals surface area contributed by atoms with Crippen LogP contribution in [-0.4, -0.2) is 28.7 Å². The topological polar surface area (TPSA) is 86.6 Å². The van der Waals surface area contributed by atoms with E-state index in [0.717, 1.165) is 0 Å². The summed E-state index contributed by atoms with van der Waals surface area (Å²) in [5, 5.41) is 19.7. The number of aryl methyl sites for hydroxylation is 1. The summed E-state index contributed by atoms with van der Waals surface area (Å²) < 4.78 is 0. The number of aliphatic hydroxyl groups is 1. The molecule has 0 heterocycles. The number of hydrogen-bond acceptors (Lipinski definition) is 3. The highest BCUT2D eigenvalue weighted by Gasteiger charge is 2.07. The Bertz CT molecular complexity index is 400. The molecule has 0 saturated heterocycles. The Labute approximate surface area is 86.4 Å². The van der Waals surface area contributed by atoms with Crippen molar-refractivity contribution in [1.82, 2.24) is 0 Å². The molecular formula is C10H11NO4. The molecule has 0 spiro atoms. The Morgan fingerprint density at radius 3 is 2.53 bits per heavy atom. The average molecular weight is 209 g/mol. The zero-order chi connectivity index (χ0) is 11.4. The molecule has 0 saturated carbocycles. The summed E-state index contributed by atoms with van der Waals surface area (Å²) in [7, 11) is 0. The number of hydrogen-bond donors (Lipinski definition) is 3. The number of aromatic carboxylic acids is 1. The van der Waals surface area contributed by atoms with Crippen LogP contribution in [-0.2, 0) is 4.79 Å². The number of carbonyl (C=O) groups is 2. The minimum absolute atomic E-state index is 0.192. The molecule has 1 rings (SSSR count). The van der Waals surface area contributed by atoms with Crippen molar-refractivity contribution < 1.29 is 19.8 Å². The predicted octanol–water partition coefficient (Wildman–Crippen LogP) is 0.624. The fraction of sp³-hybridized carbons (Fsp3) is 0.200. The van der Waals surface area contributed by atoms with Gasteiger partial charge in [0.25, 0.3) is 0 Å². The van der Waals surface area contributed by atoms with Crippen molar-refractivity contribution in [1.29, 1.82) is 0 Å². The maximum absolute atomic E-state index is 10.8. The lowest BCUT2D eigenvalue weighted by Gasteiger charge is -2.06. The van der Waals surface area contributed by atoms with Crippen LogP contribution >= 0.6 is 0 Å². The third kappa shape index (κ3) is 2.78. The van der Waals surface area contributed by atoms with Gasteiger partial charge >= 0.3 is 5.97 Å². The molecule has 80 valence electrons. The number of aliphatic hydroxyl groups excluding tert-OH is 1. The number of rotatable bonds is 3. The molecule has 0 aliphatic heterocycles. The van der Waals surface area contributed by atoms with E-state index in [1.165, 1.54) is 18.2 Å². The Balaban J connectivity index is 2.91. The van der Waals surface area contributed by atoms with Crippen LogP contribution in [0, 0.1) is 6.92 Å². The number of carboxylic acid groups (broad SMARTS) is 1. The number of amides is 1. The van der Waals surface area contributed by atoms with Crippen molar-refractivity contribution in [2.45, 2.75) is 6.92 Å². The summed E-state index contributed by atoms with van der Waals surface area (Å²) in [4.78, 5) is 21.5. The number of carbonyl (C=O) groups excluding carboxylic acids is 1. The van der Waals surface area contributed by atoms with E-state index >= 15 is 0 Å². The quantitative estimate of drug-likeness (QED) is 0.681. The summed E-state index contributed by atoms with van der Waals surface area (Å²) in [5.74, 6) is -1.54.